The van der Waals surface area contributed by atoms with E-state index in [4.69, 9.17) is 0 Å². The minimum absolute atomic E-state index is 0.167. The third-order valence-electron chi connectivity index (χ3n) is 4.40. The molecule has 0 aromatic heterocycles. The van der Waals surface area contributed by atoms with Crippen molar-refractivity contribution in [2.24, 2.45) is 0 Å². The second-order valence-electron chi connectivity index (χ2n) is 6.55. The molecular weight excluding hydrogens is 382 g/mol. The van der Waals surface area contributed by atoms with Gasteiger partial charge < -0.3 is 5.32 Å². The molecule has 0 aliphatic heterocycles. The maximum atomic E-state index is 12.9. The normalized spacial score (nSPS) is 12.3. The SMILES string of the molecule is CC[C@@H](C(=O)Nc1cccc([N+](=O)[O-])c1)N(c1ccc(C)c(C)c1)S(C)(=O)=O. The summed E-state index contributed by atoms with van der Waals surface area (Å²) in [7, 11) is -3.75. The van der Waals surface area contributed by atoms with E-state index in [0.717, 1.165) is 21.7 Å². The largest absolute Gasteiger partial charge is 0.324 e. The number of hydrogen-bond donors (Lipinski definition) is 1. The van der Waals surface area contributed by atoms with Crippen molar-refractivity contribution in [1.29, 1.82) is 0 Å². The summed E-state index contributed by atoms with van der Waals surface area (Å²) < 4.78 is 26.1. The number of non-ortho nitro benzene ring substituents is 1. The maximum absolute atomic E-state index is 12.9. The lowest BCUT2D eigenvalue weighted by molar-refractivity contribution is -0.384. The number of aryl methyl sites for hydroxylation is 2. The van der Waals surface area contributed by atoms with Gasteiger partial charge in [0.2, 0.25) is 15.9 Å². The summed E-state index contributed by atoms with van der Waals surface area (Å²) in [5.41, 5.74) is 2.36. The van der Waals surface area contributed by atoms with Crippen LogP contribution in [0.1, 0.15) is 24.5 Å². The Morgan fingerprint density at radius 1 is 1.18 bits per heavy atom. The summed E-state index contributed by atoms with van der Waals surface area (Å²) in [6.45, 7) is 5.48. The molecule has 1 N–H and O–H groups in total. The summed E-state index contributed by atoms with van der Waals surface area (Å²) in [4.78, 5) is 23.2. The number of nitro groups is 1. The highest BCUT2D eigenvalue weighted by atomic mass is 32.2. The standard InChI is InChI=1S/C19H23N3O5S/c1-5-18(19(23)20-15-7-6-8-17(12-15)22(24)25)21(28(4,26)27)16-10-9-13(2)14(3)11-16/h6-12,18H,5H2,1-4H3,(H,20,23)/t18-/m0/s1. The molecule has 0 radical (unpaired) electrons. The monoisotopic (exact) mass is 405 g/mol. The number of hydrogen-bond acceptors (Lipinski definition) is 5. The molecule has 0 saturated carbocycles. The fourth-order valence-corrected chi connectivity index (χ4v) is 4.05. The number of carbonyl (C=O) groups is 1. The van der Waals surface area contributed by atoms with E-state index in [2.05, 4.69) is 5.32 Å². The van der Waals surface area contributed by atoms with Gasteiger partial charge in [-0.2, -0.15) is 0 Å². The Labute approximate surface area is 164 Å². The van der Waals surface area contributed by atoms with Gasteiger partial charge >= 0.3 is 0 Å². The zero-order valence-corrected chi connectivity index (χ0v) is 17.0. The van der Waals surface area contributed by atoms with Gasteiger partial charge in [-0.15, -0.1) is 0 Å². The molecule has 0 fully saturated rings. The predicted molar refractivity (Wildman–Crippen MR) is 109 cm³/mol. The average Bonchev–Trinajstić information content (AvgIpc) is 2.61. The van der Waals surface area contributed by atoms with Gasteiger partial charge in [0.25, 0.3) is 5.69 Å². The van der Waals surface area contributed by atoms with E-state index in [1.165, 1.54) is 24.3 Å². The van der Waals surface area contributed by atoms with Gasteiger partial charge in [-0.3, -0.25) is 19.2 Å². The Morgan fingerprint density at radius 3 is 2.39 bits per heavy atom. The average molecular weight is 405 g/mol. The fraction of sp³-hybridized carbons (Fsp3) is 0.316. The zero-order chi connectivity index (χ0) is 21.1. The summed E-state index contributed by atoms with van der Waals surface area (Å²) >= 11 is 0. The first-order chi connectivity index (χ1) is 13.0. The van der Waals surface area contributed by atoms with E-state index in [-0.39, 0.29) is 17.8 Å². The molecule has 0 saturated heterocycles. The number of sulfonamides is 1. The molecule has 150 valence electrons. The van der Waals surface area contributed by atoms with Crippen LogP contribution in [0.3, 0.4) is 0 Å². The molecule has 2 aromatic carbocycles. The van der Waals surface area contributed by atoms with Gasteiger partial charge in [-0.05, 0) is 49.6 Å². The predicted octanol–water partition coefficient (Wildman–Crippen LogP) is 3.39. The molecule has 0 unspecified atom stereocenters. The molecule has 8 nitrogen and oxygen atoms in total. The first-order valence-electron chi connectivity index (χ1n) is 8.66. The Hall–Kier alpha value is -2.94. The van der Waals surface area contributed by atoms with Crippen molar-refractivity contribution >= 4 is 33.0 Å². The number of nitro benzene ring substituents is 1. The van der Waals surface area contributed by atoms with E-state index >= 15 is 0 Å². The number of rotatable bonds is 7. The van der Waals surface area contributed by atoms with Crippen molar-refractivity contribution in [3.63, 3.8) is 0 Å². The smallest absolute Gasteiger partial charge is 0.271 e. The number of nitrogens with zero attached hydrogens (tertiary/aromatic N) is 2. The van der Waals surface area contributed by atoms with E-state index in [1.54, 1.807) is 25.1 Å². The molecular formula is C19H23N3O5S. The summed E-state index contributed by atoms with van der Waals surface area (Å²) in [5, 5.41) is 13.5. The molecule has 28 heavy (non-hydrogen) atoms. The van der Waals surface area contributed by atoms with Gasteiger partial charge in [-0.1, -0.05) is 19.1 Å². The Kier molecular flexibility index (Phi) is 6.40. The molecule has 0 aliphatic rings. The van der Waals surface area contributed by atoms with Crippen LogP contribution in [0.25, 0.3) is 0 Å². The highest BCUT2D eigenvalue weighted by Gasteiger charge is 2.31. The second kappa shape index (κ2) is 8.39. The van der Waals surface area contributed by atoms with Crippen LogP contribution in [-0.4, -0.2) is 31.5 Å². The Bertz CT molecular complexity index is 1000. The highest BCUT2D eigenvalue weighted by Crippen LogP contribution is 2.26. The molecule has 0 bridgehead atoms. The van der Waals surface area contributed by atoms with Crippen LogP contribution in [0.4, 0.5) is 17.1 Å². The van der Waals surface area contributed by atoms with Crippen molar-refractivity contribution in [3.05, 3.63) is 63.7 Å². The van der Waals surface area contributed by atoms with E-state index in [9.17, 15) is 23.3 Å². The molecule has 1 amide bonds. The number of benzene rings is 2. The van der Waals surface area contributed by atoms with Gasteiger partial charge in [0, 0.05) is 17.8 Å². The van der Waals surface area contributed by atoms with Crippen LogP contribution in [0.15, 0.2) is 42.5 Å². The molecule has 0 heterocycles. The van der Waals surface area contributed by atoms with Gasteiger partial charge in [0.1, 0.15) is 6.04 Å². The van der Waals surface area contributed by atoms with Crippen molar-refractivity contribution in [2.75, 3.05) is 15.9 Å². The van der Waals surface area contributed by atoms with Crippen LogP contribution < -0.4 is 9.62 Å². The molecule has 0 spiro atoms. The third-order valence-corrected chi connectivity index (χ3v) is 5.58. The van der Waals surface area contributed by atoms with Crippen molar-refractivity contribution in [3.8, 4) is 0 Å². The molecule has 9 heteroatoms. The van der Waals surface area contributed by atoms with Gasteiger partial charge in [0.15, 0.2) is 0 Å². The maximum Gasteiger partial charge on any atom is 0.271 e. The first kappa shape index (κ1) is 21.4. The number of carbonyl (C=O) groups excluding carboxylic acids is 1. The lowest BCUT2D eigenvalue weighted by atomic mass is 10.1. The summed E-state index contributed by atoms with van der Waals surface area (Å²) in [6, 6.07) is 9.68. The van der Waals surface area contributed by atoms with Crippen molar-refractivity contribution < 1.29 is 18.1 Å². The Balaban J connectivity index is 2.40. The minimum Gasteiger partial charge on any atom is -0.324 e. The molecule has 2 aromatic rings. The number of nitrogens with one attached hydrogen (secondary N) is 1. The van der Waals surface area contributed by atoms with Gasteiger partial charge in [-0.25, -0.2) is 8.42 Å². The summed E-state index contributed by atoms with van der Waals surface area (Å²) in [6.07, 6.45) is 1.27. The van der Waals surface area contributed by atoms with E-state index < -0.39 is 26.9 Å². The van der Waals surface area contributed by atoms with Crippen LogP contribution in [-0.2, 0) is 14.8 Å². The van der Waals surface area contributed by atoms with Gasteiger partial charge in [0.05, 0.1) is 16.9 Å². The minimum atomic E-state index is -3.75. The number of anilines is 2. The summed E-state index contributed by atoms with van der Waals surface area (Å²) in [5.74, 6) is -0.563. The molecule has 2 rings (SSSR count). The van der Waals surface area contributed by atoms with Crippen LogP contribution in [0.2, 0.25) is 0 Å². The fourth-order valence-electron chi connectivity index (χ4n) is 2.85. The lowest BCUT2D eigenvalue weighted by Crippen LogP contribution is -2.47. The second-order valence-corrected chi connectivity index (χ2v) is 8.41. The van der Waals surface area contributed by atoms with Crippen molar-refractivity contribution in [1.82, 2.24) is 0 Å². The van der Waals surface area contributed by atoms with E-state index in [0.29, 0.717) is 5.69 Å². The topological polar surface area (TPSA) is 110 Å². The van der Waals surface area contributed by atoms with Crippen LogP contribution in [0, 0.1) is 24.0 Å². The first-order valence-corrected chi connectivity index (χ1v) is 10.5. The highest BCUT2D eigenvalue weighted by molar-refractivity contribution is 7.92. The van der Waals surface area contributed by atoms with E-state index in [1.807, 2.05) is 13.8 Å². The van der Waals surface area contributed by atoms with Crippen LogP contribution in [0.5, 0.6) is 0 Å². The molecule has 0 aliphatic carbocycles. The third kappa shape index (κ3) is 4.86. The lowest BCUT2D eigenvalue weighted by Gasteiger charge is -2.30. The van der Waals surface area contributed by atoms with Crippen LogP contribution >= 0.6 is 0 Å². The number of amides is 1. The molecule has 1 atom stereocenters. The quantitative estimate of drug-likeness (QED) is 0.561. The van der Waals surface area contributed by atoms with Crippen molar-refractivity contribution in [2.45, 2.75) is 33.2 Å². The zero-order valence-electron chi connectivity index (χ0n) is 16.2. The Morgan fingerprint density at radius 2 is 1.86 bits per heavy atom.